The molecule has 1 saturated heterocycles. The number of halogens is 2. The highest BCUT2D eigenvalue weighted by molar-refractivity contribution is 8.00. The van der Waals surface area contributed by atoms with Crippen molar-refractivity contribution in [2.45, 2.75) is 23.5 Å². The standard InChI is InChI=1S/C16H24ClN3OS.ClH/c1-13(22-15-5-3-14(17)4-6-15)16(21)19-7-2-10-20-11-8-18-9-12-20;/h3-6,13,18H,2,7-12H2,1H3,(H,19,21);1H. The summed E-state index contributed by atoms with van der Waals surface area (Å²) in [6.45, 7) is 8.09. The van der Waals surface area contributed by atoms with Crippen LogP contribution in [0.4, 0.5) is 0 Å². The molecule has 1 aromatic carbocycles. The normalized spacial score (nSPS) is 16.4. The number of benzene rings is 1. The number of nitrogens with one attached hydrogen (secondary N) is 2. The summed E-state index contributed by atoms with van der Waals surface area (Å²) in [6, 6.07) is 7.59. The van der Waals surface area contributed by atoms with Crippen LogP contribution in [0.1, 0.15) is 13.3 Å². The fourth-order valence-corrected chi connectivity index (χ4v) is 3.38. The van der Waals surface area contributed by atoms with Crippen molar-refractivity contribution in [2.75, 3.05) is 39.3 Å². The lowest BCUT2D eigenvalue weighted by atomic mass is 10.3. The number of amides is 1. The van der Waals surface area contributed by atoms with Gasteiger partial charge in [-0.25, -0.2) is 0 Å². The molecule has 4 nitrogen and oxygen atoms in total. The molecule has 7 heteroatoms. The molecule has 2 rings (SSSR count). The summed E-state index contributed by atoms with van der Waals surface area (Å²) in [5.74, 6) is 0.0975. The summed E-state index contributed by atoms with van der Waals surface area (Å²) >= 11 is 7.42. The minimum atomic E-state index is -0.0969. The molecule has 23 heavy (non-hydrogen) atoms. The number of hydrogen-bond acceptors (Lipinski definition) is 4. The second-order valence-corrected chi connectivity index (χ2v) is 7.30. The molecule has 1 aliphatic heterocycles. The molecular weight excluding hydrogens is 353 g/mol. The highest BCUT2D eigenvalue weighted by atomic mass is 35.5. The Morgan fingerprint density at radius 3 is 2.65 bits per heavy atom. The average Bonchev–Trinajstić information content (AvgIpc) is 2.54. The highest BCUT2D eigenvalue weighted by Gasteiger charge is 2.14. The summed E-state index contributed by atoms with van der Waals surface area (Å²) in [5, 5.41) is 6.99. The second kappa shape index (κ2) is 11.2. The summed E-state index contributed by atoms with van der Waals surface area (Å²) < 4.78 is 0. The van der Waals surface area contributed by atoms with Crippen molar-refractivity contribution < 1.29 is 4.79 Å². The highest BCUT2D eigenvalue weighted by Crippen LogP contribution is 2.24. The van der Waals surface area contributed by atoms with E-state index in [4.69, 9.17) is 11.6 Å². The molecule has 1 amide bonds. The summed E-state index contributed by atoms with van der Waals surface area (Å²) in [5.41, 5.74) is 0. The van der Waals surface area contributed by atoms with E-state index < -0.39 is 0 Å². The van der Waals surface area contributed by atoms with E-state index in [0.29, 0.717) is 0 Å². The average molecular weight is 378 g/mol. The largest absolute Gasteiger partial charge is 0.355 e. The molecule has 0 aromatic heterocycles. The first-order chi connectivity index (χ1) is 10.6. The molecule has 1 unspecified atom stereocenters. The van der Waals surface area contributed by atoms with Gasteiger partial charge in [-0.15, -0.1) is 24.2 Å². The fraction of sp³-hybridized carbons (Fsp3) is 0.562. The molecule has 0 saturated carbocycles. The van der Waals surface area contributed by atoms with Crippen molar-refractivity contribution in [3.8, 4) is 0 Å². The Labute approximate surface area is 154 Å². The summed E-state index contributed by atoms with van der Waals surface area (Å²) in [7, 11) is 0. The number of hydrogen-bond donors (Lipinski definition) is 2. The molecule has 1 aliphatic rings. The first kappa shape index (κ1) is 20.6. The first-order valence-corrected chi connectivity index (χ1v) is 9.04. The molecule has 130 valence electrons. The van der Waals surface area contributed by atoms with Gasteiger partial charge in [0.1, 0.15) is 0 Å². The van der Waals surface area contributed by atoms with Crippen LogP contribution in [0.25, 0.3) is 0 Å². The molecule has 0 bridgehead atoms. The maximum Gasteiger partial charge on any atom is 0.233 e. The Kier molecular flexibility index (Phi) is 9.99. The molecule has 2 N–H and O–H groups in total. The third-order valence-corrected chi connectivity index (χ3v) is 5.02. The molecule has 0 spiro atoms. The Balaban J connectivity index is 0.00000264. The maximum absolute atomic E-state index is 12.1. The van der Waals surface area contributed by atoms with Crippen molar-refractivity contribution in [1.29, 1.82) is 0 Å². The van der Waals surface area contributed by atoms with Gasteiger partial charge in [-0.1, -0.05) is 11.6 Å². The summed E-state index contributed by atoms with van der Waals surface area (Å²) in [6.07, 6.45) is 1.00. The van der Waals surface area contributed by atoms with Gasteiger partial charge in [-0.05, 0) is 44.2 Å². The Hall–Kier alpha value is -0.460. The lowest BCUT2D eigenvalue weighted by Gasteiger charge is -2.27. The lowest BCUT2D eigenvalue weighted by Crippen LogP contribution is -2.44. The molecule has 0 aliphatic carbocycles. The minimum absolute atomic E-state index is 0. The molecule has 0 radical (unpaired) electrons. The monoisotopic (exact) mass is 377 g/mol. The van der Waals surface area contributed by atoms with E-state index in [1.54, 1.807) is 11.8 Å². The molecular formula is C16H25Cl2N3OS. The van der Waals surface area contributed by atoms with Crippen LogP contribution in [0.5, 0.6) is 0 Å². The third-order valence-electron chi connectivity index (χ3n) is 3.66. The Bertz CT molecular complexity index is 467. The van der Waals surface area contributed by atoms with Gasteiger partial charge in [-0.2, -0.15) is 0 Å². The van der Waals surface area contributed by atoms with Gasteiger partial charge in [0.25, 0.3) is 0 Å². The van der Waals surface area contributed by atoms with Crippen LogP contribution in [0.15, 0.2) is 29.2 Å². The van der Waals surface area contributed by atoms with Gasteiger partial charge < -0.3 is 15.5 Å². The van der Waals surface area contributed by atoms with Gasteiger partial charge in [0, 0.05) is 42.6 Å². The van der Waals surface area contributed by atoms with E-state index in [9.17, 15) is 4.79 Å². The van der Waals surface area contributed by atoms with Crippen molar-refractivity contribution in [3.63, 3.8) is 0 Å². The maximum atomic E-state index is 12.1. The van der Waals surface area contributed by atoms with Crippen LogP contribution < -0.4 is 10.6 Å². The van der Waals surface area contributed by atoms with Crippen molar-refractivity contribution in [2.24, 2.45) is 0 Å². The van der Waals surface area contributed by atoms with E-state index >= 15 is 0 Å². The second-order valence-electron chi connectivity index (χ2n) is 5.45. The number of nitrogens with zero attached hydrogens (tertiary/aromatic N) is 1. The van der Waals surface area contributed by atoms with E-state index in [-0.39, 0.29) is 23.6 Å². The zero-order valence-corrected chi connectivity index (χ0v) is 15.8. The van der Waals surface area contributed by atoms with Crippen LogP contribution in [0.2, 0.25) is 5.02 Å². The topological polar surface area (TPSA) is 44.4 Å². The number of piperazine rings is 1. The van der Waals surface area contributed by atoms with Gasteiger partial charge in [-0.3, -0.25) is 4.79 Å². The predicted octanol–water partition coefficient (Wildman–Crippen LogP) is 2.65. The van der Waals surface area contributed by atoms with E-state index in [1.165, 1.54) is 0 Å². The van der Waals surface area contributed by atoms with Crippen molar-refractivity contribution in [1.82, 2.24) is 15.5 Å². The SMILES string of the molecule is CC(Sc1ccc(Cl)cc1)C(=O)NCCCN1CCNCC1.Cl. The number of carbonyl (C=O) groups is 1. The predicted molar refractivity (Wildman–Crippen MR) is 101 cm³/mol. The Morgan fingerprint density at radius 2 is 2.00 bits per heavy atom. The van der Waals surface area contributed by atoms with E-state index in [2.05, 4.69) is 15.5 Å². The van der Waals surface area contributed by atoms with Crippen molar-refractivity contribution in [3.05, 3.63) is 29.3 Å². The quantitative estimate of drug-likeness (QED) is 0.566. The number of thioether (sulfide) groups is 1. The Morgan fingerprint density at radius 1 is 1.35 bits per heavy atom. The first-order valence-electron chi connectivity index (χ1n) is 7.78. The molecule has 1 atom stereocenters. The van der Waals surface area contributed by atoms with E-state index in [1.807, 2.05) is 31.2 Å². The zero-order chi connectivity index (χ0) is 15.8. The van der Waals surface area contributed by atoms with Gasteiger partial charge in [0.15, 0.2) is 0 Å². The third kappa shape index (κ3) is 7.77. The fourth-order valence-electron chi connectivity index (χ4n) is 2.36. The zero-order valence-electron chi connectivity index (χ0n) is 13.4. The number of rotatable bonds is 7. The number of carbonyl (C=O) groups excluding carboxylic acids is 1. The van der Waals surface area contributed by atoms with Gasteiger partial charge >= 0.3 is 0 Å². The summed E-state index contributed by atoms with van der Waals surface area (Å²) in [4.78, 5) is 15.6. The van der Waals surface area contributed by atoms with Crippen LogP contribution in [-0.2, 0) is 4.79 Å². The van der Waals surface area contributed by atoms with Crippen LogP contribution in [0, 0.1) is 0 Å². The lowest BCUT2D eigenvalue weighted by molar-refractivity contribution is -0.120. The van der Waals surface area contributed by atoms with Crippen LogP contribution >= 0.6 is 35.8 Å². The van der Waals surface area contributed by atoms with E-state index in [0.717, 1.165) is 55.6 Å². The van der Waals surface area contributed by atoms with Gasteiger partial charge in [0.05, 0.1) is 5.25 Å². The van der Waals surface area contributed by atoms with Gasteiger partial charge in [0.2, 0.25) is 5.91 Å². The van der Waals surface area contributed by atoms with Crippen LogP contribution in [-0.4, -0.2) is 55.3 Å². The van der Waals surface area contributed by atoms with Crippen LogP contribution in [0.3, 0.4) is 0 Å². The molecule has 1 aromatic rings. The van der Waals surface area contributed by atoms with Crippen molar-refractivity contribution >= 4 is 41.7 Å². The molecule has 1 heterocycles. The minimum Gasteiger partial charge on any atom is -0.355 e. The smallest absolute Gasteiger partial charge is 0.233 e. The molecule has 1 fully saturated rings.